The maximum Gasteiger partial charge on any atom is 0.0951 e. The Morgan fingerprint density at radius 3 is 3.21 bits per heavy atom. The molecule has 4 heteroatoms. The van der Waals surface area contributed by atoms with Gasteiger partial charge in [0.2, 0.25) is 0 Å². The lowest BCUT2D eigenvalue weighted by Crippen LogP contribution is -2.16. The Hall–Kier alpha value is -1.34. The molecule has 1 aromatic heterocycles. The second-order valence-electron chi connectivity index (χ2n) is 3.61. The first-order valence-electron chi connectivity index (χ1n) is 5.00. The molecular weight excluding hydrogens is 176 g/mol. The standard InChI is InChI=1S/C10H14N4/c11-4-1-5-12-6-10-7-13-8-14(10)9-2-3-9/h7-9,12H,1-3,5-6H2. The predicted octanol–water partition coefficient (Wildman–Crippen LogP) is 1.22. The molecule has 0 bridgehead atoms. The molecule has 1 N–H and O–H groups in total. The minimum atomic E-state index is 0.567. The molecule has 0 spiro atoms. The highest BCUT2D eigenvalue weighted by Crippen LogP contribution is 2.35. The van der Waals surface area contributed by atoms with Crippen molar-refractivity contribution < 1.29 is 0 Å². The topological polar surface area (TPSA) is 53.6 Å². The minimum Gasteiger partial charge on any atom is -0.330 e. The fourth-order valence-corrected chi connectivity index (χ4v) is 1.51. The maximum absolute atomic E-state index is 8.37. The molecule has 0 aliphatic heterocycles. The van der Waals surface area contributed by atoms with E-state index in [0.717, 1.165) is 13.1 Å². The predicted molar refractivity (Wildman–Crippen MR) is 52.4 cm³/mol. The summed E-state index contributed by atoms with van der Waals surface area (Å²) in [5.41, 5.74) is 1.23. The quantitative estimate of drug-likeness (QED) is 0.710. The molecule has 0 radical (unpaired) electrons. The van der Waals surface area contributed by atoms with Gasteiger partial charge in [-0.25, -0.2) is 4.98 Å². The zero-order chi connectivity index (χ0) is 9.80. The van der Waals surface area contributed by atoms with Crippen molar-refractivity contribution in [2.24, 2.45) is 0 Å². The van der Waals surface area contributed by atoms with Crippen molar-refractivity contribution in [1.29, 1.82) is 5.26 Å². The first-order chi connectivity index (χ1) is 6.92. The summed E-state index contributed by atoms with van der Waals surface area (Å²) in [6, 6.07) is 2.80. The van der Waals surface area contributed by atoms with Gasteiger partial charge in [-0.05, 0) is 12.8 Å². The minimum absolute atomic E-state index is 0.567. The van der Waals surface area contributed by atoms with Crippen molar-refractivity contribution in [3.05, 3.63) is 18.2 Å². The molecule has 0 saturated heterocycles. The second-order valence-corrected chi connectivity index (χ2v) is 3.61. The number of nitriles is 1. The highest BCUT2D eigenvalue weighted by molar-refractivity contribution is 5.03. The van der Waals surface area contributed by atoms with Crippen LogP contribution in [0.3, 0.4) is 0 Å². The number of nitrogens with zero attached hydrogens (tertiary/aromatic N) is 3. The van der Waals surface area contributed by atoms with Crippen LogP contribution in [-0.4, -0.2) is 16.1 Å². The van der Waals surface area contributed by atoms with Crippen LogP contribution >= 0.6 is 0 Å². The van der Waals surface area contributed by atoms with E-state index in [4.69, 9.17) is 5.26 Å². The molecule has 1 fully saturated rings. The van der Waals surface area contributed by atoms with Crippen LogP contribution in [0.5, 0.6) is 0 Å². The molecule has 2 rings (SSSR count). The van der Waals surface area contributed by atoms with Crippen LogP contribution in [0.25, 0.3) is 0 Å². The molecule has 14 heavy (non-hydrogen) atoms. The number of aromatic nitrogens is 2. The van der Waals surface area contributed by atoms with Crippen LogP contribution in [0.15, 0.2) is 12.5 Å². The molecule has 1 aromatic rings. The van der Waals surface area contributed by atoms with Gasteiger partial charge in [-0.1, -0.05) is 0 Å². The molecule has 0 unspecified atom stereocenters. The van der Waals surface area contributed by atoms with E-state index in [9.17, 15) is 0 Å². The third kappa shape index (κ3) is 2.12. The third-order valence-corrected chi connectivity index (χ3v) is 2.41. The highest BCUT2D eigenvalue weighted by atomic mass is 15.1. The molecular formula is C10H14N4. The molecule has 1 aliphatic carbocycles. The van der Waals surface area contributed by atoms with Crippen molar-refractivity contribution in [3.8, 4) is 6.07 Å². The van der Waals surface area contributed by atoms with E-state index in [-0.39, 0.29) is 0 Å². The van der Waals surface area contributed by atoms with Crippen LogP contribution in [-0.2, 0) is 6.54 Å². The van der Waals surface area contributed by atoms with Crippen LogP contribution in [0, 0.1) is 11.3 Å². The number of hydrogen-bond donors (Lipinski definition) is 1. The summed E-state index contributed by atoms with van der Waals surface area (Å²) < 4.78 is 2.24. The molecule has 0 amide bonds. The zero-order valence-electron chi connectivity index (χ0n) is 8.11. The number of imidazole rings is 1. The molecule has 0 aromatic carbocycles. The van der Waals surface area contributed by atoms with Gasteiger partial charge in [-0.2, -0.15) is 5.26 Å². The average Bonchev–Trinajstić information content (AvgIpc) is 2.94. The van der Waals surface area contributed by atoms with Gasteiger partial charge in [0.05, 0.1) is 18.1 Å². The number of hydrogen-bond acceptors (Lipinski definition) is 3. The van der Waals surface area contributed by atoms with Gasteiger partial charge in [0.25, 0.3) is 0 Å². The number of nitrogens with one attached hydrogen (secondary N) is 1. The largest absolute Gasteiger partial charge is 0.330 e. The Balaban J connectivity index is 1.83. The summed E-state index contributed by atoms with van der Waals surface area (Å²) in [5.74, 6) is 0. The first kappa shape index (κ1) is 9.22. The SMILES string of the molecule is N#CCCNCc1cncn1C1CC1. The summed E-state index contributed by atoms with van der Waals surface area (Å²) in [4.78, 5) is 4.14. The van der Waals surface area contributed by atoms with Crippen LogP contribution in [0.1, 0.15) is 31.0 Å². The van der Waals surface area contributed by atoms with Gasteiger partial charge in [0.1, 0.15) is 0 Å². The average molecular weight is 190 g/mol. The lowest BCUT2D eigenvalue weighted by molar-refractivity contribution is 0.625. The fraction of sp³-hybridized carbons (Fsp3) is 0.600. The molecule has 0 atom stereocenters. The Morgan fingerprint density at radius 2 is 2.50 bits per heavy atom. The normalized spacial score (nSPS) is 15.4. The summed E-state index contributed by atoms with van der Waals surface area (Å²) in [5, 5.41) is 11.6. The van der Waals surface area contributed by atoms with Gasteiger partial charge in [0.15, 0.2) is 0 Å². The molecule has 4 nitrogen and oxygen atoms in total. The molecule has 1 heterocycles. The Kier molecular flexibility index (Phi) is 2.80. The van der Waals surface area contributed by atoms with Gasteiger partial charge >= 0.3 is 0 Å². The van der Waals surface area contributed by atoms with E-state index >= 15 is 0 Å². The molecule has 1 aliphatic rings. The molecule has 74 valence electrons. The summed E-state index contributed by atoms with van der Waals surface area (Å²) in [6.07, 6.45) is 6.93. The van der Waals surface area contributed by atoms with Crippen molar-refractivity contribution in [2.75, 3.05) is 6.54 Å². The van der Waals surface area contributed by atoms with Crippen molar-refractivity contribution in [3.63, 3.8) is 0 Å². The summed E-state index contributed by atoms with van der Waals surface area (Å²) in [7, 11) is 0. The molecule has 1 saturated carbocycles. The Bertz CT molecular complexity index is 332. The maximum atomic E-state index is 8.37. The van der Waals surface area contributed by atoms with Crippen LogP contribution < -0.4 is 5.32 Å². The monoisotopic (exact) mass is 190 g/mol. The van der Waals surface area contributed by atoms with Gasteiger partial charge in [-0.15, -0.1) is 0 Å². The van der Waals surface area contributed by atoms with E-state index in [0.29, 0.717) is 12.5 Å². The van der Waals surface area contributed by atoms with E-state index < -0.39 is 0 Å². The van der Waals surface area contributed by atoms with E-state index in [1.54, 1.807) is 0 Å². The van der Waals surface area contributed by atoms with Crippen molar-refractivity contribution in [2.45, 2.75) is 31.8 Å². The van der Waals surface area contributed by atoms with Crippen LogP contribution in [0.4, 0.5) is 0 Å². The first-order valence-corrected chi connectivity index (χ1v) is 5.00. The summed E-state index contributed by atoms with van der Waals surface area (Å²) in [6.45, 7) is 1.57. The van der Waals surface area contributed by atoms with Crippen LogP contribution in [0.2, 0.25) is 0 Å². The number of rotatable bonds is 5. The Morgan fingerprint density at radius 1 is 1.64 bits per heavy atom. The lowest BCUT2D eigenvalue weighted by atomic mass is 10.4. The van der Waals surface area contributed by atoms with E-state index in [1.807, 2.05) is 12.5 Å². The lowest BCUT2D eigenvalue weighted by Gasteiger charge is -2.06. The second kappa shape index (κ2) is 4.25. The van der Waals surface area contributed by atoms with Gasteiger partial charge < -0.3 is 9.88 Å². The van der Waals surface area contributed by atoms with E-state index in [1.165, 1.54) is 18.5 Å². The van der Waals surface area contributed by atoms with Gasteiger partial charge in [-0.3, -0.25) is 0 Å². The third-order valence-electron chi connectivity index (χ3n) is 2.41. The van der Waals surface area contributed by atoms with E-state index in [2.05, 4.69) is 20.9 Å². The Labute approximate surface area is 83.6 Å². The van der Waals surface area contributed by atoms with Crippen molar-refractivity contribution >= 4 is 0 Å². The van der Waals surface area contributed by atoms with Gasteiger partial charge in [0, 0.05) is 31.7 Å². The highest BCUT2D eigenvalue weighted by Gasteiger charge is 2.24. The zero-order valence-corrected chi connectivity index (χ0v) is 8.11. The smallest absolute Gasteiger partial charge is 0.0951 e. The summed E-state index contributed by atoms with van der Waals surface area (Å²) >= 11 is 0. The van der Waals surface area contributed by atoms with Crippen molar-refractivity contribution in [1.82, 2.24) is 14.9 Å². The fourth-order valence-electron chi connectivity index (χ4n) is 1.51.